The summed E-state index contributed by atoms with van der Waals surface area (Å²) in [6.45, 7) is 1.84. The molecule has 0 aromatic heterocycles. The number of sulfonamides is 1. The fourth-order valence-electron chi connectivity index (χ4n) is 2.22. The van der Waals surface area contributed by atoms with Crippen molar-refractivity contribution in [3.05, 3.63) is 53.8 Å². The van der Waals surface area contributed by atoms with Crippen LogP contribution in [0.3, 0.4) is 0 Å². The molecule has 0 saturated carbocycles. The number of anilines is 2. The summed E-state index contributed by atoms with van der Waals surface area (Å²) in [5.41, 5.74) is 1.58. The molecule has 0 fully saturated rings. The largest absolute Gasteiger partial charge is 0.494 e. The maximum absolute atomic E-state index is 13.8. The van der Waals surface area contributed by atoms with E-state index in [1.54, 1.807) is 36.4 Å². The molecule has 124 valence electrons. The molecule has 7 heteroatoms. The van der Waals surface area contributed by atoms with Crippen molar-refractivity contribution in [2.75, 3.05) is 23.4 Å². The zero-order valence-corrected chi connectivity index (χ0v) is 13.9. The van der Waals surface area contributed by atoms with Crippen molar-refractivity contribution in [1.29, 1.82) is 0 Å². The van der Waals surface area contributed by atoms with E-state index in [0.29, 0.717) is 22.7 Å². The molecule has 0 aliphatic heterocycles. The van der Waals surface area contributed by atoms with Gasteiger partial charge in [-0.25, -0.2) is 12.8 Å². The fourth-order valence-corrected chi connectivity index (χ4v) is 2.79. The summed E-state index contributed by atoms with van der Waals surface area (Å²) in [7, 11) is -1.94. The van der Waals surface area contributed by atoms with Crippen LogP contribution in [0.5, 0.6) is 5.75 Å². The van der Waals surface area contributed by atoms with Gasteiger partial charge in [0, 0.05) is 17.3 Å². The van der Waals surface area contributed by atoms with Crippen molar-refractivity contribution >= 4 is 21.4 Å². The van der Waals surface area contributed by atoms with Crippen molar-refractivity contribution in [2.24, 2.45) is 0 Å². The van der Waals surface area contributed by atoms with Crippen molar-refractivity contribution in [3.8, 4) is 5.75 Å². The number of hydrogen-bond acceptors (Lipinski definition) is 4. The third kappa shape index (κ3) is 4.59. The first kappa shape index (κ1) is 17.1. The highest BCUT2D eigenvalue weighted by Crippen LogP contribution is 2.30. The molecular formula is C16H19FN2O3S. The maximum atomic E-state index is 13.8. The van der Waals surface area contributed by atoms with Crippen molar-refractivity contribution < 1.29 is 17.5 Å². The van der Waals surface area contributed by atoms with Crippen LogP contribution < -0.4 is 14.8 Å². The molecule has 2 aromatic carbocycles. The molecule has 0 amide bonds. The molecule has 0 aliphatic rings. The van der Waals surface area contributed by atoms with Gasteiger partial charge >= 0.3 is 0 Å². The van der Waals surface area contributed by atoms with Crippen LogP contribution >= 0.6 is 0 Å². The second-order valence-corrected chi connectivity index (χ2v) is 6.93. The SMILES string of the molecule is COc1cc(N[C@H](C)c2ccccc2F)ccc1NS(C)(=O)=O. The van der Waals surface area contributed by atoms with E-state index in [0.717, 1.165) is 6.26 Å². The molecule has 0 bridgehead atoms. The van der Waals surface area contributed by atoms with Crippen LogP contribution in [0.2, 0.25) is 0 Å². The molecule has 0 spiro atoms. The Morgan fingerprint density at radius 2 is 1.87 bits per heavy atom. The molecule has 2 aromatic rings. The molecule has 0 heterocycles. The molecule has 0 saturated heterocycles. The van der Waals surface area contributed by atoms with Crippen molar-refractivity contribution in [1.82, 2.24) is 0 Å². The molecule has 23 heavy (non-hydrogen) atoms. The van der Waals surface area contributed by atoms with E-state index in [1.165, 1.54) is 13.2 Å². The Kier molecular flexibility index (Phi) is 5.10. The first-order valence-corrected chi connectivity index (χ1v) is 8.86. The Morgan fingerprint density at radius 3 is 2.48 bits per heavy atom. The number of nitrogens with one attached hydrogen (secondary N) is 2. The van der Waals surface area contributed by atoms with Gasteiger partial charge in [0.05, 0.1) is 25.1 Å². The second-order valence-electron chi connectivity index (χ2n) is 5.18. The topological polar surface area (TPSA) is 67.4 Å². The molecular weight excluding hydrogens is 319 g/mol. The highest BCUT2D eigenvalue weighted by atomic mass is 32.2. The second kappa shape index (κ2) is 6.87. The van der Waals surface area contributed by atoms with Gasteiger partial charge in [0.25, 0.3) is 0 Å². The third-order valence-electron chi connectivity index (χ3n) is 3.25. The van der Waals surface area contributed by atoms with Gasteiger partial charge in [-0.1, -0.05) is 18.2 Å². The average molecular weight is 338 g/mol. The van der Waals surface area contributed by atoms with Crippen LogP contribution in [0.1, 0.15) is 18.5 Å². The molecule has 0 radical (unpaired) electrons. The van der Waals surface area contributed by atoms with Gasteiger partial charge in [0.1, 0.15) is 11.6 Å². The highest BCUT2D eigenvalue weighted by molar-refractivity contribution is 7.92. The molecule has 2 N–H and O–H groups in total. The van der Waals surface area contributed by atoms with Crippen molar-refractivity contribution in [3.63, 3.8) is 0 Å². The molecule has 0 aliphatic carbocycles. The molecule has 0 unspecified atom stereocenters. The van der Waals surface area contributed by atoms with Gasteiger partial charge in [0.2, 0.25) is 10.0 Å². The van der Waals surface area contributed by atoms with Crippen LogP contribution in [0, 0.1) is 5.82 Å². The minimum absolute atomic E-state index is 0.255. The van der Waals surface area contributed by atoms with Gasteiger partial charge in [-0.3, -0.25) is 4.72 Å². The van der Waals surface area contributed by atoms with Gasteiger partial charge in [-0.2, -0.15) is 0 Å². The van der Waals surface area contributed by atoms with E-state index >= 15 is 0 Å². The van der Waals surface area contributed by atoms with Gasteiger partial charge in [-0.05, 0) is 25.1 Å². The predicted molar refractivity (Wildman–Crippen MR) is 89.9 cm³/mol. The molecule has 5 nitrogen and oxygen atoms in total. The first-order valence-electron chi connectivity index (χ1n) is 6.97. The first-order chi connectivity index (χ1) is 10.8. The standard InChI is InChI=1S/C16H19FN2O3S/c1-11(13-6-4-5-7-14(13)17)18-12-8-9-15(16(10-12)22-2)19-23(3,20)21/h4-11,18-19H,1-3H3/t11-/m1/s1. The number of hydrogen-bond donors (Lipinski definition) is 2. The number of methoxy groups -OCH3 is 1. The van der Waals surface area contributed by atoms with E-state index in [9.17, 15) is 12.8 Å². The normalized spacial score (nSPS) is 12.5. The van der Waals surface area contributed by atoms with E-state index in [-0.39, 0.29) is 11.9 Å². The van der Waals surface area contributed by atoms with E-state index in [1.807, 2.05) is 6.92 Å². The number of benzene rings is 2. The molecule has 2 rings (SSSR count). The summed E-state index contributed by atoms with van der Waals surface area (Å²) >= 11 is 0. The maximum Gasteiger partial charge on any atom is 0.229 e. The number of ether oxygens (including phenoxy) is 1. The average Bonchev–Trinajstić information content (AvgIpc) is 2.47. The Labute approximate surface area is 135 Å². The van der Waals surface area contributed by atoms with E-state index in [4.69, 9.17) is 4.74 Å². The lowest BCUT2D eigenvalue weighted by molar-refractivity contribution is 0.417. The van der Waals surface area contributed by atoms with Crippen molar-refractivity contribution in [2.45, 2.75) is 13.0 Å². The summed E-state index contributed by atoms with van der Waals surface area (Å²) in [6, 6.07) is 11.2. The minimum Gasteiger partial charge on any atom is -0.494 e. The summed E-state index contributed by atoms with van der Waals surface area (Å²) in [6.07, 6.45) is 1.07. The summed E-state index contributed by atoms with van der Waals surface area (Å²) in [4.78, 5) is 0. The monoisotopic (exact) mass is 338 g/mol. The lowest BCUT2D eigenvalue weighted by atomic mass is 10.1. The predicted octanol–water partition coefficient (Wildman–Crippen LogP) is 3.38. The number of rotatable bonds is 6. The third-order valence-corrected chi connectivity index (χ3v) is 3.84. The number of halogens is 1. The van der Waals surface area contributed by atoms with E-state index in [2.05, 4.69) is 10.0 Å². The fraction of sp³-hybridized carbons (Fsp3) is 0.250. The lowest BCUT2D eigenvalue weighted by Crippen LogP contribution is -2.11. The van der Waals surface area contributed by atoms with E-state index < -0.39 is 10.0 Å². The van der Waals surface area contributed by atoms with Crippen LogP contribution in [-0.4, -0.2) is 21.8 Å². The Morgan fingerprint density at radius 1 is 1.17 bits per heavy atom. The quantitative estimate of drug-likeness (QED) is 0.847. The highest BCUT2D eigenvalue weighted by Gasteiger charge is 2.13. The van der Waals surface area contributed by atoms with Gasteiger partial charge in [-0.15, -0.1) is 0 Å². The van der Waals surface area contributed by atoms with Crippen LogP contribution in [0.25, 0.3) is 0 Å². The van der Waals surface area contributed by atoms with Crippen LogP contribution in [0.4, 0.5) is 15.8 Å². The zero-order chi connectivity index (χ0) is 17.0. The zero-order valence-electron chi connectivity index (χ0n) is 13.1. The lowest BCUT2D eigenvalue weighted by Gasteiger charge is -2.18. The Balaban J connectivity index is 2.23. The van der Waals surface area contributed by atoms with Gasteiger partial charge in [0.15, 0.2) is 0 Å². The Hall–Kier alpha value is -2.28. The summed E-state index contributed by atoms with van der Waals surface area (Å²) in [5, 5.41) is 3.17. The summed E-state index contributed by atoms with van der Waals surface area (Å²) < 4.78 is 44.0. The van der Waals surface area contributed by atoms with Gasteiger partial charge < -0.3 is 10.1 Å². The smallest absolute Gasteiger partial charge is 0.229 e. The van der Waals surface area contributed by atoms with Crippen LogP contribution in [0.15, 0.2) is 42.5 Å². The Bertz CT molecular complexity index is 794. The molecule has 1 atom stereocenters. The van der Waals surface area contributed by atoms with Crippen LogP contribution in [-0.2, 0) is 10.0 Å². The minimum atomic E-state index is -3.39. The summed E-state index contributed by atoms with van der Waals surface area (Å²) in [5.74, 6) is 0.0935.